The van der Waals surface area contributed by atoms with Crippen molar-refractivity contribution < 1.29 is 9.59 Å². The summed E-state index contributed by atoms with van der Waals surface area (Å²) in [6.45, 7) is 2.21. The molecule has 2 aromatic carbocycles. The van der Waals surface area contributed by atoms with Crippen LogP contribution in [0.5, 0.6) is 0 Å². The van der Waals surface area contributed by atoms with Crippen LogP contribution in [0.25, 0.3) is 0 Å². The summed E-state index contributed by atoms with van der Waals surface area (Å²) in [4.78, 5) is 27.3. The summed E-state index contributed by atoms with van der Waals surface area (Å²) in [5.74, 6) is -0.455. The van der Waals surface area contributed by atoms with Crippen molar-refractivity contribution in [2.75, 3.05) is 6.54 Å². The molecular formula is C24H27Cl2N3O2. The van der Waals surface area contributed by atoms with Crippen LogP contribution in [-0.4, -0.2) is 41.4 Å². The molecule has 164 valence electrons. The molecule has 4 rings (SSSR count). The molecule has 1 unspecified atom stereocenters. The average Bonchev–Trinajstić information content (AvgIpc) is 3.02. The lowest BCUT2D eigenvalue weighted by molar-refractivity contribution is -0.121. The molecule has 0 spiro atoms. The highest BCUT2D eigenvalue weighted by molar-refractivity contribution is 6.31. The number of hydrogen-bond acceptors (Lipinski definition) is 3. The second-order valence-electron chi connectivity index (χ2n) is 8.49. The van der Waals surface area contributed by atoms with Crippen molar-refractivity contribution in [1.82, 2.24) is 15.5 Å². The maximum absolute atomic E-state index is 12.4. The first-order valence-electron chi connectivity index (χ1n) is 10.8. The van der Waals surface area contributed by atoms with Crippen LogP contribution in [0, 0.1) is 0 Å². The van der Waals surface area contributed by atoms with Crippen molar-refractivity contribution in [2.45, 2.75) is 56.8 Å². The predicted molar refractivity (Wildman–Crippen MR) is 123 cm³/mol. The van der Waals surface area contributed by atoms with E-state index in [1.165, 1.54) is 5.56 Å². The summed E-state index contributed by atoms with van der Waals surface area (Å²) < 4.78 is 0. The minimum atomic E-state index is -0.302. The van der Waals surface area contributed by atoms with Gasteiger partial charge in [-0.1, -0.05) is 41.4 Å². The van der Waals surface area contributed by atoms with Crippen LogP contribution in [0.1, 0.15) is 54.6 Å². The first-order chi connectivity index (χ1) is 14.9. The van der Waals surface area contributed by atoms with Crippen molar-refractivity contribution in [3.8, 4) is 0 Å². The molecule has 31 heavy (non-hydrogen) atoms. The van der Waals surface area contributed by atoms with E-state index in [2.05, 4.69) is 34.6 Å². The van der Waals surface area contributed by atoms with Crippen molar-refractivity contribution in [3.05, 3.63) is 69.7 Å². The maximum Gasteiger partial charge on any atom is 0.251 e. The molecule has 0 aliphatic carbocycles. The number of halogens is 2. The SMILES string of the molecule is CC(c1ccc(Cl)cc1)N1[C@@H]2CC[C@H]1C[C@@H](NC(=O)CNC(=O)c1cccc(Cl)c1)C2. The molecule has 7 heteroatoms. The number of nitrogens with zero attached hydrogens (tertiary/aromatic N) is 1. The fourth-order valence-electron chi connectivity index (χ4n) is 5.05. The Morgan fingerprint density at radius 3 is 2.35 bits per heavy atom. The highest BCUT2D eigenvalue weighted by atomic mass is 35.5. The van der Waals surface area contributed by atoms with Gasteiger partial charge in [0.2, 0.25) is 5.91 Å². The quantitative estimate of drug-likeness (QED) is 0.663. The standard InChI is InChI=1S/C24H27Cl2N3O2/c1-15(16-5-7-18(25)8-6-16)29-21-9-10-22(29)13-20(12-21)28-23(30)14-27-24(31)17-3-2-4-19(26)11-17/h2-8,11,15,20-22H,9-10,12-14H2,1H3,(H,27,31)(H,28,30)/t15?,20-,21+,22-. The van der Waals surface area contributed by atoms with Gasteiger partial charge >= 0.3 is 0 Å². The Bertz CT molecular complexity index is 936. The summed E-state index contributed by atoms with van der Waals surface area (Å²) in [6, 6.07) is 16.1. The molecule has 4 atom stereocenters. The van der Waals surface area contributed by atoms with Crippen molar-refractivity contribution in [1.29, 1.82) is 0 Å². The first kappa shape index (κ1) is 22.1. The van der Waals surface area contributed by atoms with Crippen LogP contribution in [0.4, 0.5) is 0 Å². The lowest BCUT2D eigenvalue weighted by Gasteiger charge is -2.43. The number of carbonyl (C=O) groups is 2. The average molecular weight is 460 g/mol. The molecular weight excluding hydrogens is 433 g/mol. The normalized spacial score (nSPS) is 23.9. The van der Waals surface area contributed by atoms with Gasteiger partial charge in [-0.2, -0.15) is 0 Å². The fraction of sp³-hybridized carbons (Fsp3) is 0.417. The fourth-order valence-corrected chi connectivity index (χ4v) is 5.36. The molecule has 2 fully saturated rings. The van der Waals surface area contributed by atoms with E-state index >= 15 is 0 Å². The van der Waals surface area contributed by atoms with Gasteiger partial charge in [0.05, 0.1) is 6.54 Å². The van der Waals surface area contributed by atoms with Crippen LogP contribution in [-0.2, 0) is 4.79 Å². The molecule has 0 aromatic heterocycles. The number of hydrogen-bond donors (Lipinski definition) is 2. The molecule has 2 aliphatic rings. The van der Waals surface area contributed by atoms with Crippen molar-refractivity contribution >= 4 is 35.0 Å². The number of piperidine rings is 1. The van der Waals surface area contributed by atoms with Gasteiger partial charge in [0.25, 0.3) is 5.91 Å². The third-order valence-electron chi connectivity index (χ3n) is 6.45. The Labute approximate surface area is 193 Å². The van der Waals surface area contributed by atoms with Crippen LogP contribution in [0.2, 0.25) is 10.0 Å². The molecule has 2 amide bonds. The third kappa shape index (κ3) is 5.22. The van der Waals surface area contributed by atoms with E-state index in [9.17, 15) is 9.59 Å². The van der Waals surface area contributed by atoms with E-state index in [4.69, 9.17) is 23.2 Å². The molecule has 2 saturated heterocycles. The molecule has 0 saturated carbocycles. The van der Waals surface area contributed by atoms with Crippen LogP contribution >= 0.6 is 23.2 Å². The predicted octanol–water partition coefficient (Wildman–Crippen LogP) is 4.60. The maximum atomic E-state index is 12.4. The van der Waals surface area contributed by atoms with Crippen LogP contribution in [0.3, 0.4) is 0 Å². The number of amides is 2. The highest BCUT2D eigenvalue weighted by Crippen LogP contribution is 2.41. The summed E-state index contributed by atoms with van der Waals surface area (Å²) >= 11 is 12.0. The zero-order chi connectivity index (χ0) is 22.0. The Hall–Kier alpha value is -2.08. The van der Waals surface area contributed by atoms with Gasteiger partial charge < -0.3 is 10.6 Å². The molecule has 2 heterocycles. The van der Waals surface area contributed by atoms with Gasteiger partial charge in [0, 0.05) is 39.8 Å². The lowest BCUT2D eigenvalue weighted by Crippen LogP contribution is -2.52. The lowest BCUT2D eigenvalue weighted by atomic mass is 9.93. The first-order valence-corrected chi connectivity index (χ1v) is 11.5. The molecule has 2 aromatic rings. The highest BCUT2D eigenvalue weighted by Gasteiger charge is 2.43. The monoisotopic (exact) mass is 459 g/mol. The summed E-state index contributed by atoms with van der Waals surface area (Å²) in [5.41, 5.74) is 1.72. The van der Waals surface area contributed by atoms with E-state index in [1.54, 1.807) is 24.3 Å². The zero-order valence-electron chi connectivity index (χ0n) is 17.5. The Morgan fingerprint density at radius 1 is 1.03 bits per heavy atom. The van der Waals surface area contributed by atoms with Gasteiger partial charge in [-0.3, -0.25) is 14.5 Å². The summed E-state index contributed by atoms with van der Waals surface area (Å²) in [6.07, 6.45) is 4.17. The Morgan fingerprint density at radius 2 is 1.71 bits per heavy atom. The summed E-state index contributed by atoms with van der Waals surface area (Å²) in [5, 5.41) is 7.04. The topological polar surface area (TPSA) is 61.4 Å². The number of rotatable bonds is 6. The van der Waals surface area contributed by atoms with Crippen molar-refractivity contribution in [3.63, 3.8) is 0 Å². The van der Waals surface area contributed by atoms with Gasteiger partial charge in [0.15, 0.2) is 0 Å². The molecule has 0 radical (unpaired) electrons. The van der Waals surface area contributed by atoms with E-state index < -0.39 is 0 Å². The van der Waals surface area contributed by atoms with Crippen LogP contribution < -0.4 is 10.6 Å². The van der Waals surface area contributed by atoms with Gasteiger partial charge in [-0.25, -0.2) is 0 Å². The number of carbonyl (C=O) groups excluding carboxylic acids is 2. The van der Waals surface area contributed by atoms with E-state index in [0.717, 1.165) is 30.7 Å². The molecule has 5 nitrogen and oxygen atoms in total. The van der Waals surface area contributed by atoms with Gasteiger partial charge in [-0.05, 0) is 68.5 Å². The van der Waals surface area contributed by atoms with Gasteiger partial charge in [-0.15, -0.1) is 0 Å². The third-order valence-corrected chi connectivity index (χ3v) is 6.94. The number of nitrogens with one attached hydrogen (secondary N) is 2. The van der Waals surface area contributed by atoms with E-state index in [1.807, 2.05) is 12.1 Å². The second-order valence-corrected chi connectivity index (χ2v) is 9.36. The Kier molecular flexibility index (Phi) is 6.85. The van der Waals surface area contributed by atoms with E-state index in [0.29, 0.717) is 28.7 Å². The minimum Gasteiger partial charge on any atom is -0.352 e. The Balaban J connectivity index is 1.29. The molecule has 2 bridgehead atoms. The molecule has 2 N–H and O–H groups in total. The summed E-state index contributed by atoms with van der Waals surface area (Å²) in [7, 11) is 0. The number of fused-ring (bicyclic) bond motifs is 2. The molecule has 2 aliphatic heterocycles. The minimum absolute atomic E-state index is 0.0396. The van der Waals surface area contributed by atoms with Gasteiger partial charge in [0.1, 0.15) is 0 Å². The van der Waals surface area contributed by atoms with Crippen LogP contribution in [0.15, 0.2) is 48.5 Å². The zero-order valence-corrected chi connectivity index (χ0v) is 19.0. The smallest absolute Gasteiger partial charge is 0.251 e. The van der Waals surface area contributed by atoms with E-state index in [-0.39, 0.29) is 24.4 Å². The largest absolute Gasteiger partial charge is 0.352 e. The number of benzene rings is 2. The van der Waals surface area contributed by atoms with Crippen molar-refractivity contribution in [2.24, 2.45) is 0 Å². The second kappa shape index (κ2) is 9.60.